The average molecular weight is 547 g/mol. The van der Waals surface area contributed by atoms with Gasteiger partial charge in [0.1, 0.15) is 12.1 Å². The molecule has 0 aromatic heterocycles. The second-order valence-corrected chi connectivity index (χ2v) is 7.38. The Labute approximate surface area is 196 Å². The predicted molar refractivity (Wildman–Crippen MR) is 115 cm³/mol. The van der Waals surface area contributed by atoms with E-state index in [1.54, 1.807) is 0 Å². The molecule has 32 heavy (non-hydrogen) atoms. The van der Waals surface area contributed by atoms with Gasteiger partial charge >= 0.3 is 112 Å². The van der Waals surface area contributed by atoms with Crippen LogP contribution in [0.1, 0.15) is 25.7 Å². The van der Waals surface area contributed by atoms with Gasteiger partial charge in [0.2, 0.25) is 5.91 Å². The Morgan fingerprint density at radius 2 is 1.06 bits per heavy atom. The van der Waals surface area contributed by atoms with E-state index in [0.717, 1.165) is 0 Å². The molecule has 4 atom stereocenters. The Bertz CT molecular complexity index is 625. The average Bonchev–Trinajstić information content (AvgIpc) is 2.71. The van der Waals surface area contributed by atoms with Crippen molar-refractivity contribution in [1.82, 2.24) is 10.6 Å². The van der Waals surface area contributed by atoms with Gasteiger partial charge in [-0.25, -0.2) is 4.79 Å². The van der Waals surface area contributed by atoms with Gasteiger partial charge in [0.05, 0.1) is 0 Å². The van der Waals surface area contributed by atoms with Crippen molar-refractivity contribution in [1.29, 1.82) is 0 Å². The summed E-state index contributed by atoms with van der Waals surface area (Å²) in [6.07, 6.45) is -0.304. The van der Waals surface area contributed by atoms with Crippen LogP contribution in [0.4, 0.5) is 0 Å². The molecule has 0 heterocycles. The topological polar surface area (TPSA) is 259 Å². The number of nitrogens with two attached hydrogens (primary N) is 2. The summed E-state index contributed by atoms with van der Waals surface area (Å²) in [6.45, 7) is 0. The van der Waals surface area contributed by atoms with Gasteiger partial charge in [-0.1, -0.05) is 0 Å². The molecule has 0 radical (unpaired) electrons. The maximum atomic E-state index is 11.2. The van der Waals surface area contributed by atoms with Crippen LogP contribution in [0.5, 0.6) is 0 Å². The van der Waals surface area contributed by atoms with Crippen LogP contribution in [0.3, 0.4) is 0 Å². The van der Waals surface area contributed by atoms with Crippen molar-refractivity contribution in [2.24, 2.45) is 11.5 Å². The number of thiol groups is 1. The van der Waals surface area contributed by atoms with Crippen molar-refractivity contribution in [2.75, 3.05) is 5.75 Å². The van der Waals surface area contributed by atoms with E-state index >= 15 is 0 Å². The fourth-order valence-electron chi connectivity index (χ4n) is 1.72. The van der Waals surface area contributed by atoms with Crippen LogP contribution in [-0.4, -0.2) is 102 Å². The van der Waals surface area contributed by atoms with Gasteiger partial charge in [0, 0.05) is 12.2 Å². The molecule has 2 amide bonds. The molecule has 184 valence electrons. The maximum absolute atomic E-state index is 11.2. The number of hydrogen-bond donors (Lipinski definition) is 9. The Balaban J connectivity index is 0. The summed E-state index contributed by atoms with van der Waals surface area (Å²) in [5.41, 5.74) is 10.4. The van der Waals surface area contributed by atoms with Crippen molar-refractivity contribution in [3.05, 3.63) is 0 Å². The fourth-order valence-corrected chi connectivity index (χ4v) is 2.49. The second kappa shape index (κ2) is 17.2. The Kier molecular flexibility index (Phi) is 17.1. The molecule has 0 rings (SSSR count). The van der Waals surface area contributed by atoms with Crippen LogP contribution in [0.15, 0.2) is 0 Å². The number of nitrogens with one attached hydrogen (secondary N) is 2. The first-order chi connectivity index (χ1) is 14.8. The van der Waals surface area contributed by atoms with Gasteiger partial charge in [-0.15, -0.1) is 0 Å². The predicted octanol–water partition coefficient (Wildman–Crippen LogP) is -3.26. The summed E-state index contributed by atoms with van der Waals surface area (Å²) in [4.78, 5) is 64.2. The van der Waals surface area contributed by atoms with Crippen LogP contribution in [0.25, 0.3) is 0 Å². The number of carbonyl (C=O) groups is 6. The first-order valence-corrected chi connectivity index (χ1v) is 10.9. The molecule has 0 aromatic rings. The number of carboxylic acid groups (broad SMARTS) is 4. The van der Waals surface area contributed by atoms with E-state index < -0.39 is 59.9 Å². The van der Waals surface area contributed by atoms with Crippen LogP contribution in [0, 0.1) is 0 Å². The van der Waals surface area contributed by atoms with Crippen molar-refractivity contribution >= 4 is 64.3 Å². The molecule has 14 nitrogen and oxygen atoms in total. The third-order valence-corrected chi connectivity index (χ3v) is 4.76. The molecule has 0 aliphatic carbocycles. The zero-order valence-electron chi connectivity index (χ0n) is 16.8. The van der Waals surface area contributed by atoms with Crippen molar-refractivity contribution in [3.8, 4) is 0 Å². The van der Waals surface area contributed by atoms with Crippen molar-refractivity contribution in [2.45, 2.75) is 55.2 Å². The minimum absolute atomic E-state index is 0.0217. The molecular formula is C16H28N4O10SSe. The van der Waals surface area contributed by atoms with E-state index in [0.29, 0.717) is 0 Å². The van der Waals surface area contributed by atoms with Gasteiger partial charge in [0.25, 0.3) is 0 Å². The SMILES string of the molecule is NC(CCC(=O)NC(CS)C(=O)O)C(=O)O.NC(CCC(=O)NC(C[SeH])C(=O)O)C(=O)O. The molecule has 16 heteroatoms. The van der Waals surface area contributed by atoms with E-state index in [1.807, 2.05) is 0 Å². The molecule has 10 N–H and O–H groups in total. The zero-order valence-corrected chi connectivity index (χ0v) is 19.6. The molecule has 0 bridgehead atoms. The normalized spacial score (nSPS) is 13.9. The molecule has 0 aliphatic heterocycles. The second-order valence-electron chi connectivity index (χ2n) is 6.25. The molecule has 4 unspecified atom stereocenters. The van der Waals surface area contributed by atoms with E-state index in [1.165, 1.54) is 0 Å². The van der Waals surface area contributed by atoms with Crippen molar-refractivity contribution in [3.63, 3.8) is 0 Å². The number of carboxylic acids is 4. The number of carbonyl (C=O) groups excluding carboxylic acids is 2. The Hall–Kier alpha value is -2.39. The molecule has 0 saturated heterocycles. The van der Waals surface area contributed by atoms with Crippen molar-refractivity contribution < 1.29 is 49.2 Å². The number of aliphatic carboxylic acids is 4. The summed E-state index contributed by atoms with van der Waals surface area (Å²) in [5, 5.41) is 38.8. The van der Waals surface area contributed by atoms with Gasteiger partial charge < -0.3 is 21.3 Å². The van der Waals surface area contributed by atoms with Crippen LogP contribution < -0.4 is 22.1 Å². The summed E-state index contributed by atoms with van der Waals surface area (Å²) >= 11 is 5.82. The van der Waals surface area contributed by atoms with Crippen LogP contribution in [-0.2, 0) is 28.8 Å². The first-order valence-electron chi connectivity index (χ1n) is 8.99. The quantitative estimate of drug-likeness (QED) is 0.0767. The Morgan fingerprint density at radius 1 is 0.719 bits per heavy atom. The van der Waals surface area contributed by atoms with Crippen LogP contribution >= 0.6 is 12.6 Å². The van der Waals surface area contributed by atoms with Crippen LogP contribution in [0.2, 0.25) is 5.32 Å². The summed E-state index contributed by atoms with van der Waals surface area (Å²) in [6, 6.07) is -4.26. The standard InChI is InChI=1S/C8H14N2O5S.C8H14N2O5Se/c2*9-4(7(12)13)1-2-6(11)10-5(3-16)8(14)15/h2*4-5,16H,1-3,9H2,(H,10,11)(H,12,13)(H,14,15). The number of hydrogen-bond acceptors (Lipinski definition) is 9. The molecule has 0 aliphatic rings. The van der Waals surface area contributed by atoms with E-state index in [2.05, 4.69) is 39.3 Å². The summed E-state index contributed by atoms with van der Waals surface area (Å²) < 4.78 is 0. The van der Waals surface area contributed by atoms with Gasteiger partial charge in [-0.05, 0) is 6.42 Å². The summed E-state index contributed by atoms with van der Waals surface area (Å²) in [5.74, 6) is -5.81. The van der Waals surface area contributed by atoms with Gasteiger partial charge in [0.15, 0.2) is 0 Å². The van der Waals surface area contributed by atoms with E-state index in [4.69, 9.17) is 31.9 Å². The number of amides is 2. The zero-order chi connectivity index (χ0) is 25.4. The van der Waals surface area contributed by atoms with Gasteiger partial charge in [-0.3, -0.25) is 9.59 Å². The number of rotatable bonds is 14. The Morgan fingerprint density at radius 3 is 1.31 bits per heavy atom. The molecular weight excluding hydrogens is 519 g/mol. The first kappa shape index (κ1) is 31.8. The third kappa shape index (κ3) is 15.4. The molecule has 0 saturated carbocycles. The van der Waals surface area contributed by atoms with E-state index in [-0.39, 0.29) is 36.8 Å². The third-order valence-electron chi connectivity index (χ3n) is 3.63. The summed E-state index contributed by atoms with van der Waals surface area (Å²) in [7, 11) is 0. The fraction of sp³-hybridized carbons (Fsp3) is 0.625. The molecule has 0 fully saturated rings. The van der Waals surface area contributed by atoms with E-state index in [9.17, 15) is 28.8 Å². The molecule has 0 aromatic carbocycles. The molecule has 0 spiro atoms. The minimum atomic E-state index is -1.20. The monoisotopic (exact) mass is 548 g/mol. The van der Waals surface area contributed by atoms with Gasteiger partial charge in [-0.2, -0.15) is 12.6 Å².